The van der Waals surface area contributed by atoms with Gasteiger partial charge in [-0.25, -0.2) is 0 Å². The van der Waals surface area contributed by atoms with Gasteiger partial charge in [0.15, 0.2) is 0 Å². The Hall–Kier alpha value is -1.63. The third-order valence-corrected chi connectivity index (χ3v) is 4.22. The first-order valence-corrected chi connectivity index (χ1v) is 10.7. The average molecular weight is 402 g/mol. The van der Waals surface area contributed by atoms with E-state index in [-0.39, 0.29) is 37.7 Å². The molecule has 28 heavy (non-hydrogen) atoms. The van der Waals surface area contributed by atoms with E-state index in [1.807, 2.05) is 25.7 Å². The summed E-state index contributed by atoms with van der Waals surface area (Å²) in [6.45, 7) is 8.43. The van der Waals surface area contributed by atoms with E-state index in [1.165, 1.54) is 0 Å². The van der Waals surface area contributed by atoms with Crippen LogP contribution in [0.2, 0.25) is 0 Å². The number of esters is 3. The van der Waals surface area contributed by atoms with Crippen molar-refractivity contribution in [1.82, 2.24) is 4.90 Å². The van der Waals surface area contributed by atoms with Gasteiger partial charge in [-0.3, -0.25) is 19.3 Å². The van der Waals surface area contributed by atoms with Crippen molar-refractivity contribution in [2.45, 2.75) is 78.6 Å². The van der Waals surface area contributed by atoms with E-state index in [1.54, 1.807) is 0 Å². The molecule has 0 aromatic heterocycles. The fraction of sp³-hybridized carbons (Fsp3) is 0.857. The van der Waals surface area contributed by atoms with Gasteiger partial charge in [-0.1, -0.05) is 40.0 Å². The molecule has 0 aromatic carbocycles. The fourth-order valence-corrected chi connectivity index (χ4v) is 2.38. The maximum Gasteiger partial charge on any atom is 0.305 e. The van der Waals surface area contributed by atoms with Crippen molar-refractivity contribution in [3.8, 4) is 0 Å². The highest BCUT2D eigenvalue weighted by Gasteiger charge is 2.11. The number of nitrogens with zero attached hydrogens (tertiary/aromatic N) is 1. The fourth-order valence-electron chi connectivity index (χ4n) is 2.38. The normalized spacial score (nSPS) is 10.7. The summed E-state index contributed by atoms with van der Waals surface area (Å²) in [6, 6.07) is 0. The van der Waals surface area contributed by atoms with E-state index in [4.69, 9.17) is 14.2 Å². The van der Waals surface area contributed by atoms with E-state index >= 15 is 0 Å². The Balaban J connectivity index is 4.23. The zero-order valence-corrected chi connectivity index (χ0v) is 18.0. The van der Waals surface area contributed by atoms with Crippen LogP contribution in [-0.4, -0.2) is 62.3 Å². The lowest BCUT2D eigenvalue weighted by Gasteiger charge is -2.22. The molecule has 7 nitrogen and oxygen atoms in total. The van der Waals surface area contributed by atoms with Gasteiger partial charge in [0.05, 0.1) is 0 Å². The van der Waals surface area contributed by atoms with Crippen LogP contribution in [0.3, 0.4) is 0 Å². The summed E-state index contributed by atoms with van der Waals surface area (Å²) < 4.78 is 15.7. The Labute approximate surface area is 170 Å². The van der Waals surface area contributed by atoms with Gasteiger partial charge in [0.1, 0.15) is 19.8 Å². The molecule has 0 amide bonds. The minimum atomic E-state index is -0.196. The molecule has 0 fully saturated rings. The molecule has 7 heteroatoms. The third-order valence-electron chi connectivity index (χ3n) is 4.22. The summed E-state index contributed by atoms with van der Waals surface area (Å²) in [4.78, 5) is 36.8. The molecule has 0 heterocycles. The lowest BCUT2D eigenvalue weighted by atomic mass is 10.2. The van der Waals surface area contributed by atoms with Crippen LogP contribution in [-0.2, 0) is 28.6 Å². The quantitative estimate of drug-likeness (QED) is 0.257. The summed E-state index contributed by atoms with van der Waals surface area (Å²) in [5.74, 6) is -0.587. The Morgan fingerprint density at radius 1 is 0.571 bits per heavy atom. The van der Waals surface area contributed by atoms with E-state index in [0.717, 1.165) is 38.5 Å². The molecule has 0 aromatic rings. The standard InChI is InChI=1S/C21H39NO6/c1-4-7-10-19(23)26-16-13-22(14-17-27-20(24)11-8-5-2)15-18-28-21(25)12-9-6-3/h4-18H2,1-3H3. The molecule has 0 aliphatic rings. The Morgan fingerprint density at radius 3 is 1.11 bits per heavy atom. The van der Waals surface area contributed by atoms with Gasteiger partial charge in [0.2, 0.25) is 0 Å². The second kappa shape index (κ2) is 18.7. The molecule has 0 aliphatic heterocycles. The summed E-state index contributed by atoms with van der Waals surface area (Å²) in [5.41, 5.74) is 0. The van der Waals surface area contributed by atoms with Crippen LogP contribution < -0.4 is 0 Å². The minimum Gasteiger partial charge on any atom is -0.464 e. The first-order valence-electron chi connectivity index (χ1n) is 10.7. The van der Waals surface area contributed by atoms with Crippen molar-refractivity contribution < 1.29 is 28.6 Å². The second-order valence-electron chi connectivity index (χ2n) is 6.81. The number of hydrogen-bond acceptors (Lipinski definition) is 7. The molecule has 0 bridgehead atoms. The predicted octanol–water partition coefficient (Wildman–Crippen LogP) is 3.49. The van der Waals surface area contributed by atoms with Crippen molar-refractivity contribution in [2.24, 2.45) is 0 Å². The summed E-state index contributed by atoms with van der Waals surface area (Å²) in [7, 11) is 0. The number of carbonyl (C=O) groups is 3. The van der Waals surface area contributed by atoms with Crippen LogP contribution in [0.15, 0.2) is 0 Å². The average Bonchev–Trinajstić information content (AvgIpc) is 2.68. The minimum absolute atomic E-state index is 0.196. The van der Waals surface area contributed by atoms with E-state index in [9.17, 15) is 14.4 Å². The van der Waals surface area contributed by atoms with Crippen molar-refractivity contribution in [3.63, 3.8) is 0 Å². The molecule has 0 radical (unpaired) electrons. The van der Waals surface area contributed by atoms with Crippen molar-refractivity contribution in [1.29, 1.82) is 0 Å². The van der Waals surface area contributed by atoms with Crippen molar-refractivity contribution in [3.05, 3.63) is 0 Å². The molecule has 0 spiro atoms. The lowest BCUT2D eigenvalue weighted by Crippen LogP contribution is -2.35. The highest BCUT2D eigenvalue weighted by molar-refractivity contribution is 5.69. The number of ether oxygens (including phenoxy) is 3. The topological polar surface area (TPSA) is 82.1 Å². The van der Waals surface area contributed by atoms with Crippen LogP contribution in [0.4, 0.5) is 0 Å². The van der Waals surface area contributed by atoms with E-state index in [0.29, 0.717) is 38.9 Å². The van der Waals surface area contributed by atoms with Crippen LogP contribution >= 0.6 is 0 Å². The first kappa shape index (κ1) is 26.4. The largest absolute Gasteiger partial charge is 0.464 e. The van der Waals surface area contributed by atoms with Gasteiger partial charge in [0.25, 0.3) is 0 Å². The summed E-state index contributed by atoms with van der Waals surface area (Å²) >= 11 is 0. The van der Waals surface area contributed by atoms with Crippen molar-refractivity contribution in [2.75, 3.05) is 39.5 Å². The van der Waals surface area contributed by atoms with Gasteiger partial charge in [-0.15, -0.1) is 0 Å². The van der Waals surface area contributed by atoms with Gasteiger partial charge in [-0.05, 0) is 19.3 Å². The molecule has 0 saturated carbocycles. The zero-order chi connectivity index (χ0) is 21.0. The van der Waals surface area contributed by atoms with Gasteiger partial charge in [-0.2, -0.15) is 0 Å². The van der Waals surface area contributed by atoms with Crippen molar-refractivity contribution >= 4 is 17.9 Å². The Bertz CT molecular complexity index is 365. The maximum atomic E-state index is 11.6. The lowest BCUT2D eigenvalue weighted by molar-refractivity contribution is -0.144. The monoisotopic (exact) mass is 401 g/mol. The molecule has 0 saturated heterocycles. The molecule has 0 aliphatic carbocycles. The molecular formula is C21H39NO6. The number of carbonyl (C=O) groups excluding carboxylic acids is 3. The van der Waals surface area contributed by atoms with Crippen LogP contribution in [0.5, 0.6) is 0 Å². The third kappa shape index (κ3) is 16.5. The van der Waals surface area contributed by atoms with Gasteiger partial charge >= 0.3 is 17.9 Å². The molecule has 0 N–H and O–H groups in total. The second-order valence-corrected chi connectivity index (χ2v) is 6.81. The van der Waals surface area contributed by atoms with Gasteiger partial charge < -0.3 is 14.2 Å². The number of hydrogen-bond donors (Lipinski definition) is 0. The Kier molecular flexibility index (Phi) is 17.6. The maximum absolute atomic E-state index is 11.6. The molecular weight excluding hydrogens is 362 g/mol. The summed E-state index contributed by atoms with van der Waals surface area (Å²) in [6.07, 6.45) is 6.62. The first-order chi connectivity index (χ1) is 13.5. The molecule has 0 unspecified atom stereocenters. The van der Waals surface area contributed by atoms with E-state index < -0.39 is 0 Å². The SMILES string of the molecule is CCCCC(=O)OCCN(CCOC(=O)CCCC)CCOC(=O)CCCC. The van der Waals surface area contributed by atoms with E-state index in [2.05, 4.69) is 0 Å². The Morgan fingerprint density at radius 2 is 0.857 bits per heavy atom. The zero-order valence-electron chi connectivity index (χ0n) is 18.0. The molecule has 164 valence electrons. The van der Waals surface area contributed by atoms with Crippen LogP contribution in [0.25, 0.3) is 0 Å². The number of rotatable bonds is 18. The molecule has 0 rings (SSSR count). The molecule has 0 atom stereocenters. The smallest absolute Gasteiger partial charge is 0.305 e. The highest BCUT2D eigenvalue weighted by Crippen LogP contribution is 2.00. The van der Waals surface area contributed by atoms with Crippen LogP contribution in [0.1, 0.15) is 78.6 Å². The van der Waals surface area contributed by atoms with Crippen LogP contribution in [0, 0.1) is 0 Å². The van der Waals surface area contributed by atoms with Gasteiger partial charge in [0, 0.05) is 38.9 Å². The predicted molar refractivity (Wildman–Crippen MR) is 108 cm³/mol. The highest BCUT2D eigenvalue weighted by atomic mass is 16.5. The summed E-state index contributed by atoms with van der Waals surface area (Å²) in [5, 5.41) is 0. The number of unbranched alkanes of at least 4 members (excludes halogenated alkanes) is 3.